The molecule has 2 rings (SSSR count). The number of carbonyl (C=O) groups is 1. The molecule has 0 saturated heterocycles. The summed E-state index contributed by atoms with van der Waals surface area (Å²) in [6.07, 6.45) is 0. The number of ether oxygens (including phenoxy) is 1. The fourth-order valence-electron chi connectivity index (χ4n) is 2.09. The number of hydrogen-bond acceptors (Lipinski definition) is 4. The monoisotopic (exact) mass is 289 g/mol. The molecule has 0 spiro atoms. The molecular weight excluding hydrogens is 270 g/mol. The Bertz CT molecular complexity index is 592. The van der Waals surface area contributed by atoms with Gasteiger partial charge in [-0.2, -0.15) is 0 Å². The zero-order chi connectivity index (χ0) is 14.5. The first kappa shape index (κ1) is 14.8. The molecule has 0 aliphatic heterocycles. The average Bonchev–Trinajstić information content (AvgIpc) is 2.83. The maximum atomic E-state index is 11.5. The summed E-state index contributed by atoms with van der Waals surface area (Å²) in [5.41, 5.74) is 3.06. The highest BCUT2D eigenvalue weighted by Crippen LogP contribution is 2.18. The van der Waals surface area contributed by atoms with Crippen LogP contribution in [0.15, 0.2) is 35.7 Å². The number of carbonyl (C=O) groups excluding carboxylic acids is 1. The van der Waals surface area contributed by atoms with Crippen molar-refractivity contribution in [2.24, 2.45) is 0 Å². The molecule has 0 fully saturated rings. The van der Waals surface area contributed by atoms with E-state index in [0.29, 0.717) is 5.56 Å². The number of methoxy groups -OCH3 is 1. The molecule has 0 aliphatic carbocycles. The van der Waals surface area contributed by atoms with Crippen molar-refractivity contribution >= 4 is 17.3 Å². The molecule has 0 N–H and O–H groups in total. The van der Waals surface area contributed by atoms with E-state index in [0.717, 1.165) is 18.7 Å². The fourth-order valence-corrected chi connectivity index (χ4v) is 3.08. The van der Waals surface area contributed by atoms with Gasteiger partial charge in [-0.15, -0.1) is 11.3 Å². The standard InChI is InChI=1S/C16H19NO2S/c1-12-7-8-20-15(12)11-17(2)10-13-5-4-6-14(9-13)16(18)19-3/h4-9H,10-11H2,1-3H3. The lowest BCUT2D eigenvalue weighted by atomic mass is 10.1. The highest BCUT2D eigenvalue weighted by Gasteiger charge is 2.08. The summed E-state index contributed by atoms with van der Waals surface area (Å²) in [7, 11) is 3.49. The number of thiophene rings is 1. The lowest BCUT2D eigenvalue weighted by Gasteiger charge is -2.16. The van der Waals surface area contributed by atoms with Gasteiger partial charge in [0, 0.05) is 18.0 Å². The van der Waals surface area contributed by atoms with Crippen molar-refractivity contribution in [2.75, 3.05) is 14.2 Å². The number of esters is 1. The largest absolute Gasteiger partial charge is 0.465 e. The van der Waals surface area contributed by atoms with Gasteiger partial charge in [0.1, 0.15) is 0 Å². The van der Waals surface area contributed by atoms with E-state index < -0.39 is 0 Å². The third-order valence-electron chi connectivity index (χ3n) is 3.18. The van der Waals surface area contributed by atoms with Gasteiger partial charge in [-0.25, -0.2) is 4.79 Å². The summed E-state index contributed by atoms with van der Waals surface area (Å²) in [4.78, 5) is 15.1. The summed E-state index contributed by atoms with van der Waals surface area (Å²) >= 11 is 1.78. The van der Waals surface area contributed by atoms with Crippen molar-refractivity contribution in [3.05, 3.63) is 57.3 Å². The third kappa shape index (κ3) is 3.68. The maximum absolute atomic E-state index is 11.5. The average molecular weight is 289 g/mol. The number of aryl methyl sites for hydroxylation is 1. The van der Waals surface area contributed by atoms with E-state index >= 15 is 0 Å². The van der Waals surface area contributed by atoms with Crippen LogP contribution in [0.3, 0.4) is 0 Å². The molecule has 106 valence electrons. The molecule has 0 saturated carbocycles. The van der Waals surface area contributed by atoms with Crippen LogP contribution in [0.4, 0.5) is 0 Å². The Morgan fingerprint density at radius 2 is 2.10 bits per heavy atom. The van der Waals surface area contributed by atoms with Gasteiger partial charge < -0.3 is 4.74 Å². The van der Waals surface area contributed by atoms with Crippen LogP contribution in [0.5, 0.6) is 0 Å². The first-order valence-corrected chi connectivity index (χ1v) is 7.37. The van der Waals surface area contributed by atoms with E-state index in [9.17, 15) is 4.79 Å². The number of nitrogens with zero attached hydrogens (tertiary/aromatic N) is 1. The first-order chi connectivity index (χ1) is 9.60. The second-order valence-electron chi connectivity index (χ2n) is 4.89. The van der Waals surface area contributed by atoms with Crippen molar-refractivity contribution in [3.8, 4) is 0 Å². The molecule has 0 amide bonds. The highest BCUT2D eigenvalue weighted by molar-refractivity contribution is 7.10. The Hall–Kier alpha value is -1.65. The van der Waals surface area contributed by atoms with Gasteiger partial charge in [0.15, 0.2) is 0 Å². The Morgan fingerprint density at radius 1 is 1.30 bits per heavy atom. The van der Waals surface area contributed by atoms with Gasteiger partial charge in [-0.1, -0.05) is 12.1 Å². The first-order valence-electron chi connectivity index (χ1n) is 6.49. The molecule has 1 aromatic heterocycles. The molecule has 0 aliphatic rings. The van der Waals surface area contributed by atoms with Crippen LogP contribution in [-0.4, -0.2) is 25.0 Å². The Labute approximate surface area is 123 Å². The normalized spacial score (nSPS) is 10.8. The van der Waals surface area contributed by atoms with Gasteiger partial charge in [-0.3, -0.25) is 4.90 Å². The highest BCUT2D eigenvalue weighted by atomic mass is 32.1. The van der Waals surface area contributed by atoms with Crippen molar-refractivity contribution < 1.29 is 9.53 Å². The molecule has 4 heteroatoms. The smallest absolute Gasteiger partial charge is 0.337 e. The quantitative estimate of drug-likeness (QED) is 0.789. The molecule has 20 heavy (non-hydrogen) atoms. The lowest BCUT2D eigenvalue weighted by Crippen LogP contribution is -2.17. The third-order valence-corrected chi connectivity index (χ3v) is 4.19. The SMILES string of the molecule is COC(=O)c1cccc(CN(C)Cc2sccc2C)c1. The molecule has 0 bridgehead atoms. The Morgan fingerprint density at radius 3 is 2.75 bits per heavy atom. The van der Waals surface area contributed by atoms with E-state index in [2.05, 4.69) is 30.3 Å². The molecular formula is C16H19NO2S. The van der Waals surface area contributed by atoms with Crippen LogP contribution >= 0.6 is 11.3 Å². The summed E-state index contributed by atoms with van der Waals surface area (Å²) in [6.45, 7) is 3.87. The van der Waals surface area contributed by atoms with Crippen molar-refractivity contribution in [3.63, 3.8) is 0 Å². The minimum absolute atomic E-state index is 0.288. The van der Waals surface area contributed by atoms with Crippen LogP contribution in [0.1, 0.15) is 26.4 Å². The molecule has 1 heterocycles. The van der Waals surface area contributed by atoms with E-state index in [1.165, 1.54) is 17.6 Å². The second kappa shape index (κ2) is 6.68. The summed E-state index contributed by atoms with van der Waals surface area (Å²) < 4.78 is 4.75. The van der Waals surface area contributed by atoms with Gasteiger partial charge >= 0.3 is 5.97 Å². The van der Waals surface area contributed by atoms with Crippen molar-refractivity contribution in [1.82, 2.24) is 4.90 Å². The topological polar surface area (TPSA) is 29.5 Å². The zero-order valence-corrected chi connectivity index (χ0v) is 12.9. The minimum atomic E-state index is -0.288. The van der Waals surface area contributed by atoms with Gasteiger partial charge in [0.05, 0.1) is 12.7 Å². The molecule has 3 nitrogen and oxygen atoms in total. The molecule has 0 radical (unpaired) electrons. The molecule has 2 aromatic rings. The van der Waals surface area contributed by atoms with Gasteiger partial charge in [0.2, 0.25) is 0 Å². The van der Waals surface area contributed by atoms with Crippen LogP contribution in [0.25, 0.3) is 0 Å². The summed E-state index contributed by atoms with van der Waals surface area (Å²) in [5, 5.41) is 2.12. The van der Waals surface area contributed by atoms with E-state index in [1.807, 2.05) is 18.2 Å². The van der Waals surface area contributed by atoms with E-state index in [4.69, 9.17) is 4.74 Å². The maximum Gasteiger partial charge on any atom is 0.337 e. The minimum Gasteiger partial charge on any atom is -0.465 e. The number of benzene rings is 1. The summed E-state index contributed by atoms with van der Waals surface area (Å²) in [6, 6.07) is 9.74. The fraction of sp³-hybridized carbons (Fsp3) is 0.312. The Kier molecular flexibility index (Phi) is 4.93. The predicted octanol–water partition coefficient (Wildman–Crippen LogP) is 3.48. The van der Waals surface area contributed by atoms with E-state index in [1.54, 1.807) is 17.4 Å². The van der Waals surface area contributed by atoms with Crippen molar-refractivity contribution in [2.45, 2.75) is 20.0 Å². The van der Waals surface area contributed by atoms with E-state index in [-0.39, 0.29) is 5.97 Å². The second-order valence-corrected chi connectivity index (χ2v) is 5.89. The van der Waals surface area contributed by atoms with Crippen LogP contribution < -0.4 is 0 Å². The number of hydrogen-bond donors (Lipinski definition) is 0. The number of rotatable bonds is 5. The Balaban J connectivity index is 2.02. The summed E-state index contributed by atoms with van der Waals surface area (Å²) in [5.74, 6) is -0.288. The van der Waals surface area contributed by atoms with Crippen LogP contribution in [-0.2, 0) is 17.8 Å². The van der Waals surface area contributed by atoms with Crippen molar-refractivity contribution in [1.29, 1.82) is 0 Å². The van der Waals surface area contributed by atoms with Gasteiger partial charge in [0.25, 0.3) is 0 Å². The zero-order valence-electron chi connectivity index (χ0n) is 12.1. The van der Waals surface area contributed by atoms with Gasteiger partial charge in [-0.05, 0) is 48.7 Å². The molecule has 0 unspecified atom stereocenters. The predicted molar refractivity (Wildman–Crippen MR) is 82.0 cm³/mol. The molecule has 1 aromatic carbocycles. The van der Waals surface area contributed by atoms with Crippen LogP contribution in [0.2, 0.25) is 0 Å². The lowest BCUT2D eigenvalue weighted by molar-refractivity contribution is 0.0600. The van der Waals surface area contributed by atoms with Crippen LogP contribution in [0, 0.1) is 6.92 Å². The molecule has 0 atom stereocenters.